The average Bonchev–Trinajstić information content (AvgIpc) is 2.53. The third-order valence-corrected chi connectivity index (χ3v) is 4.16. The Balaban J connectivity index is 1.82. The zero-order valence-corrected chi connectivity index (χ0v) is 13.3. The number of carbonyl (C=O) groups is 1. The lowest BCUT2D eigenvalue weighted by molar-refractivity contribution is -0.134. The van der Waals surface area contributed by atoms with E-state index < -0.39 is 0 Å². The Morgan fingerprint density at radius 1 is 1.29 bits per heavy atom. The summed E-state index contributed by atoms with van der Waals surface area (Å²) < 4.78 is 5.61. The molecule has 116 valence electrons. The fraction of sp³-hybridized carbons (Fsp3) is 0.588. The fourth-order valence-electron chi connectivity index (χ4n) is 2.59. The largest absolute Gasteiger partial charge is 0.484 e. The van der Waals surface area contributed by atoms with Crippen LogP contribution >= 0.6 is 0 Å². The third-order valence-electron chi connectivity index (χ3n) is 4.16. The molecular weight excluding hydrogens is 264 g/mol. The van der Waals surface area contributed by atoms with Crippen LogP contribution < -0.4 is 10.1 Å². The first kappa shape index (κ1) is 15.8. The molecule has 4 heteroatoms. The molecule has 1 heterocycles. The molecule has 0 unspecified atom stereocenters. The maximum absolute atomic E-state index is 12.2. The summed E-state index contributed by atoms with van der Waals surface area (Å²) in [6.45, 7) is 6.40. The van der Waals surface area contributed by atoms with Crippen molar-refractivity contribution in [1.29, 1.82) is 0 Å². The van der Waals surface area contributed by atoms with E-state index in [1.54, 1.807) is 0 Å². The lowest BCUT2D eigenvalue weighted by Gasteiger charge is -2.31. The first-order valence-electron chi connectivity index (χ1n) is 7.77. The van der Waals surface area contributed by atoms with Crippen LogP contribution in [-0.2, 0) is 4.79 Å². The molecule has 1 aliphatic heterocycles. The molecule has 0 radical (unpaired) electrons. The van der Waals surface area contributed by atoms with Crippen molar-refractivity contribution in [3.05, 3.63) is 29.8 Å². The summed E-state index contributed by atoms with van der Waals surface area (Å²) in [5.74, 6) is 1.31. The van der Waals surface area contributed by atoms with Crippen LogP contribution in [-0.4, -0.2) is 43.6 Å². The Morgan fingerprint density at radius 2 is 1.90 bits per heavy atom. The van der Waals surface area contributed by atoms with Gasteiger partial charge >= 0.3 is 0 Å². The second-order valence-corrected chi connectivity index (χ2v) is 6.00. The van der Waals surface area contributed by atoms with Gasteiger partial charge in [-0.15, -0.1) is 0 Å². The van der Waals surface area contributed by atoms with Gasteiger partial charge in [-0.05, 0) is 49.5 Å². The van der Waals surface area contributed by atoms with Gasteiger partial charge in [-0.2, -0.15) is 0 Å². The van der Waals surface area contributed by atoms with E-state index in [1.165, 1.54) is 5.56 Å². The second kappa shape index (κ2) is 7.46. The van der Waals surface area contributed by atoms with Crippen LogP contribution in [0.5, 0.6) is 5.75 Å². The van der Waals surface area contributed by atoms with E-state index in [2.05, 4.69) is 31.3 Å². The Bertz CT molecular complexity index is 450. The molecule has 21 heavy (non-hydrogen) atoms. The quantitative estimate of drug-likeness (QED) is 0.905. The summed E-state index contributed by atoms with van der Waals surface area (Å²) in [4.78, 5) is 14.0. The molecule has 4 nitrogen and oxygen atoms in total. The number of hydrogen-bond acceptors (Lipinski definition) is 3. The number of nitrogens with zero attached hydrogens (tertiary/aromatic N) is 1. The van der Waals surface area contributed by atoms with E-state index in [1.807, 2.05) is 24.1 Å². The van der Waals surface area contributed by atoms with Crippen LogP contribution in [0.1, 0.15) is 38.2 Å². The van der Waals surface area contributed by atoms with Crippen LogP contribution in [0.4, 0.5) is 0 Å². The van der Waals surface area contributed by atoms with Crippen LogP contribution in [0, 0.1) is 0 Å². The van der Waals surface area contributed by atoms with Gasteiger partial charge in [0.05, 0.1) is 0 Å². The summed E-state index contributed by atoms with van der Waals surface area (Å²) in [7, 11) is 1.88. The number of rotatable bonds is 5. The lowest BCUT2D eigenvalue weighted by Crippen LogP contribution is -2.45. The van der Waals surface area contributed by atoms with Gasteiger partial charge in [0.25, 0.3) is 5.91 Å². The van der Waals surface area contributed by atoms with E-state index >= 15 is 0 Å². The number of amides is 1. The minimum absolute atomic E-state index is 0.0508. The molecule has 0 spiro atoms. The highest BCUT2D eigenvalue weighted by Gasteiger charge is 2.21. The smallest absolute Gasteiger partial charge is 0.260 e. The number of carbonyl (C=O) groups excluding carboxylic acids is 1. The summed E-state index contributed by atoms with van der Waals surface area (Å²) in [6, 6.07) is 8.33. The van der Waals surface area contributed by atoms with Crippen molar-refractivity contribution in [3.8, 4) is 5.75 Å². The summed E-state index contributed by atoms with van der Waals surface area (Å²) >= 11 is 0. The summed E-state index contributed by atoms with van der Waals surface area (Å²) in [6.07, 6.45) is 2.04. The van der Waals surface area contributed by atoms with E-state index in [0.29, 0.717) is 12.0 Å². The zero-order valence-electron chi connectivity index (χ0n) is 13.3. The van der Waals surface area contributed by atoms with Gasteiger partial charge < -0.3 is 15.0 Å². The minimum Gasteiger partial charge on any atom is -0.484 e. The van der Waals surface area contributed by atoms with Gasteiger partial charge in [-0.25, -0.2) is 0 Å². The molecule has 1 fully saturated rings. The van der Waals surface area contributed by atoms with Crippen LogP contribution in [0.2, 0.25) is 0 Å². The van der Waals surface area contributed by atoms with Crippen molar-refractivity contribution in [1.82, 2.24) is 10.2 Å². The normalized spacial score (nSPS) is 16.0. The molecule has 2 rings (SSSR count). The molecule has 1 amide bonds. The van der Waals surface area contributed by atoms with E-state index in [9.17, 15) is 4.79 Å². The number of benzene rings is 1. The average molecular weight is 290 g/mol. The minimum atomic E-state index is 0.0508. The number of ether oxygens (including phenoxy) is 1. The van der Waals surface area contributed by atoms with Crippen molar-refractivity contribution in [2.75, 3.05) is 26.7 Å². The maximum Gasteiger partial charge on any atom is 0.260 e. The Kier molecular flexibility index (Phi) is 5.62. The third kappa shape index (κ3) is 4.46. The van der Waals surface area contributed by atoms with Crippen LogP contribution in [0.15, 0.2) is 24.3 Å². The van der Waals surface area contributed by atoms with Crippen molar-refractivity contribution in [2.24, 2.45) is 0 Å². The van der Waals surface area contributed by atoms with Gasteiger partial charge in [0, 0.05) is 13.1 Å². The number of likely N-dealkylation sites (N-methyl/N-ethyl adjacent to an activating group) is 1. The van der Waals surface area contributed by atoms with Crippen molar-refractivity contribution >= 4 is 5.91 Å². The fourth-order valence-corrected chi connectivity index (χ4v) is 2.59. The Labute approximate surface area is 127 Å². The highest BCUT2D eigenvalue weighted by molar-refractivity contribution is 5.77. The summed E-state index contributed by atoms with van der Waals surface area (Å²) in [5.41, 5.74) is 1.28. The van der Waals surface area contributed by atoms with E-state index in [-0.39, 0.29) is 12.5 Å². The molecule has 1 aromatic carbocycles. The highest BCUT2D eigenvalue weighted by atomic mass is 16.5. The van der Waals surface area contributed by atoms with Gasteiger partial charge in [0.15, 0.2) is 6.61 Å². The Hall–Kier alpha value is -1.55. The SMILES string of the molecule is CC(C)c1ccc(OCC(=O)N(C)C2CCNCC2)cc1. The van der Waals surface area contributed by atoms with Gasteiger partial charge in [-0.1, -0.05) is 26.0 Å². The second-order valence-electron chi connectivity index (χ2n) is 6.00. The number of nitrogens with one attached hydrogen (secondary N) is 1. The lowest BCUT2D eigenvalue weighted by atomic mass is 10.0. The molecule has 0 atom stereocenters. The highest BCUT2D eigenvalue weighted by Crippen LogP contribution is 2.18. The zero-order chi connectivity index (χ0) is 15.2. The van der Waals surface area contributed by atoms with Crippen molar-refractivity contribution in [2.45, 2.75) is 38.6 Å². The molecule has 1 N–H and O–H groups in total. The maximum atomic E-state index is 12.2. The number of piperidine rings is 1. The standard InChI is InChI=1S/C17H26N2O2/c1-13(2)14-4-6-16(7-5-14)21-12-17(20)19(3)15-8-10-18-11-9-15/h4-7,13,15,18H,8-12H2,1-3H3. The molecule has 1 aromatic rings. The molecule has 1 aliphatic rings. The molecule has 0 saturated carbocycles. The van der Waals surface area contributed by atoms with Crippen LogP contribution in [0.3, 0.4) is 0 Å². The van der Waals surface area contributed by atoms with Crippen molar-refractivity contribution < 1.29 is 9.53 Å². The number of hydrogen-bond donors (Lipinski definition) is 1. The van der Waals surface area contributed by atoms with E-state index in [0.717, 1.165) is 31.7 Å². The molecule has 0 aromatic heterocycles. The van der Waals surface area contributed by atoms with Crippen molar-refractivity contribution in [3.63, 3.8) is 0 Å². The predicted molar refractivity (Wildman–Crippen MR) is 84.7 cm³/mol. The first-order valence-corrected chi connectivity index (χ1v) is 7.77. The molecule has 0 aliphatic carbocycles. The van der Waals surface area contributed by atoms with Gasteiger partial charge in [-0.3, -0.25) is 4.79 Å². The van der Waals surface area contributed by atoms with Crippen LogP contribution in [0.25, 0.3) is 0 Å². The molecule has 1 saturated heterocycles. The first-order chi connectivity index (χ1) is 10.1. The van der Waals surface area contributed by atoms with Gasteiger partial charge in [0.1, 0.15) is 5.75 Å². The van der Waals surface area contributed by atoms with E-state index in [4.69, 9.17) is 4.74 Å². The molecule has 0 bridgehead atoms. The van der Waals surface area contributed by atoms with Gasteiger partial charge in [0.2, 0.25) is 0 Å². The Morgan fingerprint density at radius 3 is 2.48 bits per heavy atom. The predicted octanol–water partition coefficient (Wildman–Crippen LogP) is 2.40. The monoisotopic (exact) mass is 290 g/mol. The topological polar surface area (TPSA) is 41.6 Å². The summed E-state index contributed by atoms with van der Waals surface area (Å²) in [5, 5.41) is 3.31. The molecular formula is C17H26N2O2.